The Balaban J connectivity index is 0. The third-order valence-electron chi connectivity index (χ3n) is 3.63. The molecule has 0 spiro atoms. The quantitative estimate of drug-likeness (QED) is 0.290. The van der Waals surface area contributed by atoms with Gasteiger partial charge >= 0.3 is 39.1 Å². The Kier molecular flexibility index (Phi) is 15.5. The summed E-state index contributed by atoms with van der Waals surface area (Å²) in [4.78, 5) is 21.9. The molecule has 2 saturated carbocycles. The van der Waals surface area contributed by atoms with Crippen molar-refractivity contribution in [2.45, 2.75) is 19.8 Å². The van der Waals surface area contributed by atoms with Crippen LogP contribution in [0.3, 0.4) is 0 Å². The number of rotatable bonds is 5. The van der Waals surface area contributed by atoms with Gasteiger partial charge in [0, 0.05) is 5.75 Å². The van der Waals surface area contributed by atoms with Crippen LogP contribution in [0.4, 0.5) is 0 Å². The van der Waals surface area contributed by atoms with Gasteiger partial charge in [-0.2, -0.15) is 37.0 Å². The zero-order chi connectivity index (χ0) is 20.1. The number of benzene rings is 1. The molecule has 7 heteroatoms. The van der Waals surface area contributed by atoms with Gasteiger partial charge in [-0.05, 0) is 12.7 Å². The first-order chi connectivity index (χ1) is 12.6. The number of carbonyl (C=O) groups excluding carboxylic acids is 2. The predicted octanol–water partition coefficient (Wildman–Crippen LogP) is 3.74. The maximum absolute atomic E-state index is 11.4. The van der Waals surface area contributed by atoms with Crippen LogP contribution in [0.1, 0.15) is 19.8 Å². The second-order valence-electron chi connectivity index (χ2n) is 5.33. The molecule has 2 aliphatic carbocycles. The van der Waals surface area contributed by atoms with Crippen molar-refractivity contribution < 1.29 is 53.4 Å². The van der Waals surface area contributed by atoms with Crippen molar-refractivity contribution in [3.63, 3.8) is 0 Å². The van der Waals surface area contributed by atoms with Crippen LogP contribution < -0.4 is 4.74 Å². The first kappa shape index (κ1) is 27.4. The molecule has 2 unspecified atom stereocenters. The number of ketones is 1. The summed E-state index contributed by atoms with van der Waals surface area (Å²) in [7, 11) is 0. The number of hydrogen-bond donors (Lipinski definition) is 0. The van der Waals surface area contributed by atoms with Crippen LogP contribution in [0.15, 0.2) is 49.6 Å². The average molecular weight is 460 g/mol. The fourth-order valence-corrected chi connectivity index (χ4v) is 2.06. The maximum atomic E-state index is 11.4. The number of hydrogen-bond acceptors (Lipinski definition) is 5. The van der Waals surface area contributed by atoms with Crippen molar-refractivity contribution in [2.24, 2.45) is 11.8 Å². The SMILES string of the molecule is C=CC1C[C-]1C(=O)Oc1c[c-]ccc1.C=CC1C[C-]1C(C)=O.[CH3-].[O]=[Co].[O]=[Co]. The van der Waals surface area contributed by atoms with Crippen LogP contribution in [0.2, 0.25) is 0 Å². The molecule has 2 fully saturated rings. The van der Waals surface area contributed by atoms with Gasteiger partial charge in [-0.3, -0.25) is 10.7 Å². The number of Topliss-reactive ketones (excluding diaryl/α,β-unsaturated/α-hetero) is 1. The van der Waals surface area contributed by atoms with E-state index in [1.54, 1.807) is 37.3 Å². The summed E-state index contributed by atoms with van der Waals surface area (Å²) >= 11 is 4.62. The molecule has 0 radical (unpaired) electrons. The van der Waals surface area contributed by atoms with Crippen molar-refractivity contribution in [2.75, 3.05) is 0 Å². The minimum atomic E-state index is -0.241. The third kappa shape index (κ3) is 10.2. The molecular formula is C20H22Co2O5-4. The molecule has 2 atom stereocenters. The van der Waals surface area contributed by atoms with E-state index in [1.807, 2.05) is 6.08 Å². The summed E-state index contributed by atoms with van der Waals surface area (Å²) in [5.74, 6) is 3.04. The third-order valence-corrected chi connectivity index (χ3v) is 3.63. The van der Waals surface area contributed by atoms with E-state index in [1.165, 1.54) is 0 Å². The van der Waals surface area contributed by atoms with Crippen molar-refractivity contribution in [3.8, 4) is 5.75 Å². The number of allylic oxidation sites excluding steroid dienone is 2. The van der Waals surface area contributed by atoms with Gasteiger partial charge in [0.15, 0.2) is 5.97 Å². The molecule has 1 aromatic rings. The molecule has 0 bridgehead atoms. The molecule has 5 nitrogen and oxygen atoms in total. The Labute approximate surface area is 177 Å². The van der Waals surface area contributed by atoms with Gasteiger partial charge in [-0.15, -0.1) is 43.4 Å². The van der Waals surface area contributed by atoms with E-state index < -0.39 is 0 Å². The van der Waals surface area contributed by atoms with Crippen LogP contribution in [0, 0.1) is 37.2 Å². The molecule has 0 amide bonds. The Hall–Kier alpha value is -1.81. The Bertz CT molecular complexity index is 604. The molecule has 154 valence electrons. The molecule has 2 aliphatic rings. The van der Waals surface area contributed by atoms with Crippen LogP contribution in [-0.4, -0.2) is 11.8 Å². The Morgan fingerprint density at radius 1 is 1.15 bits per heavy atom. The van der Waals surface area contributed by atoms with Gasteiger partial charge in [-0.25, -0.2) is 0 Å². The molecule has 0 saturated heterocycles. The fourth-order valence-electron chi connectivity index (χ4n) is 2.06. The zero-order valence-corrected chi connectivity index (χ0v) is 17.2. The topological polar surface area (TPSA) is 77.5 Å². The summed E-state index contributed by atoms with van der Waals surface area (Å²) in [5, 5.41) is 0. The second-order valence-corrected chi connectivity index (χ2v) is 5.33. The summed E-state index contributed by atoms with van der Waals surface area (Å²) in [6.07, 6.45) is 5.35. The van der Waals surface area contributed by atoms with Gasteiger partial charge in [0.25, 0.3) is 0 Å². The summed E-state index contributed by atoms with van der Waals surface area (Å²) in [6, 6.07) is 9.76. The van der Waals surface area contributed by atoms with E-state index in [0.29, 0.717) is 11.7 Å². The minimum absolute atomic E-state index is 0. The van der Waals surface area contributed by atoms with Crippen molar-refractivity contribution in [1.82, 2.24) is 0 Å². The van der Waals surface area contributed by atoms with Gasteiger partial charge in [0.2, 0.25) is 0 Å². The van der Waals surface area contributed by atoms with Gasteiger partial charge in [0.1, 0.15) is 0 Å². The monoisotopic (exact) mass is 460 g/mol. The Morgan fingerprint density at radius 3 is 2.00 bits per heavy atom. The van der Waals surface area contributed by atoms with Crippen LogP contribution in [0.5, 0.6) is 5.75 Å². The van der Waals surface area contributed by atoms with E-state index in [9.17, 15) is 9.59 Å². The van der Waals surface area contributed by atoms with E-state index in [2.05, 4.69) is 50.6 Å². The van der Waals surface area contributed by atoms with Gasteiger partial charge < -0.3 is 22.9 Å². The second kappa shape index (κ2) is 15.3. The molecule has 0 heterocycles. The molecule has 27 heavy (non-hydrogen) atoms. The summed E-state index contributed by atoms with van der Waals surface area (Å²) in [5.41, 5.74) is 0. The molecule has 0 aromatic heterocycles. The molecular weight excluding hydrogens is 438 g/mol. The zero-order valence-electron chi connectivity index (χ0n) is 15.2. The molecule has 1 aromatic carbocycles. The summed E-state index contributed by atoms with van der Waals surface area (Å²) in [6.45, 7) is 8.82. The Morgan fingerprint density at radius 2 is 1.67 bits per heavy atom. The van der Waals surface area contributed by atoms with Crippen LogP contribution in [0.25, 0.3) is 0 Å². The standard InChI is InChI=1S/C12H10O2.C7H9O.CH3.2Co.2O/c1-2-9-8-11(9)12(13)14-10-6-4-3-5-7-10;1-3-6-4-7(6)5(2)8;;;;;/h2-4,6-7,9H,1,8H2;3,6H,1,4H2,2H3;1H3;;;;/q-2;2*-1;;;;. The summed E-state index contributed by atoms with van der Waals surface area (Å²) < 4.78 is 21.0. The number of ether oxygens (including phenoxy) is 1. The van der Waals surface area contributed by atoms with Crippen molar-refractivity contribution >= 4 is 11.8 Å². The van der Waals surface area contributed by atoms with E-state index >= 15 is 0 Å². The van der Waals surface area contributed by atoms with Crippen molar-refractivity contribution in [3.05, 3.63) is 74.9 Å². The van der Waals surface area contributed by atoms with E-state index in [4.69, 9.17) is 12.5 Å². The van der Waals surface area contributed by atoms with Crippen LogP contribution in [-0.2, 0) is 48.7 Å². The predicted molar refractivity (Wildman–Crippen MR) is 92.5 cm³/mol. The van der Waals surface area contributed by atoms with E-state index in [-0.39, 0.29) is 25.1 Å². The molecule has 0 N–H and O–H groups in total. The molecule has 3 rings (SSSR count). The number of esters is 1. The van der Waals surface area contributed by atoms with Crippen LogP contribution >= 0.6 is 0 Å². The first-order valence-corrected chi connectivity index (χ1v) is 8.34. The first-order valence-electron chi connectivity index (χ1n) is 7.49. The normalized spacial score (nSPS) is 17.6. The van der Waals surface area contributed by atoms with E-state index in [0.717, 1.165) is 24.7 Å². The van der Waals surface area contributed by atoms with Crippen molar-refractivity contribution in [1.29, 1.82) is 0 Å². The molecule has 0 aliphatic heterocycles. The van der Waals surface area contributed by atoms with Gasteiger partial charge in [-0.1, -0.05) is 0 Å². The number of carbonyl (C=O) groups is 2. The average Bonchev–Trinajstić information content (AvgIpc) is 3.60. The van der Waals surface area contributed by atoms with Gasteiger partial charge in [0.05, 0.1) is 0 Å². The fraction of sp³-hybridized carbons (Fsp3) is 0.250.